The number of rotatable bonds is 3. The molecule has 0 fully saturated rings. The fourth-order valence-electron chi connectivity index (χ4n) is 1.91. The number of aromatic amines is 1. The molecule has 0 spiro atoms. The van der Waals surface area contributed by atoms with Crippen LogP contribution in [0.2, 0.25) is 0 Å². The van der Waals surface area contributed by atoms with Crippen LogP contribution in [0.1, 0.15) is 5.82 Å². The zero-order valence-corrected chi connectivity index (χ0v) is 10.1. The van der Waals surface area contributed by atoms with Gasteiger partial charge in [-0.25, -0.2) is 14.8 Å². The van der Waals surface area contributed by atoms with E-state index in [0.29, 0.717) is 29.9 Å². The van der Waals surface area contributed by atoms with E-state index in [1.165, 1.54) is 0 Å². The lowest BCUT2D eigenvalue weighted by molar-refractivity contribution is 0.555. The Morgan fingerprint density at radius 1 is 1.32 bits per heavy atom. The van der Waals surface area contributed by atoms with Crippen LogP contribution in [-0.2, 0) is 6.42 Å². The Morgan fingerprint density at radius 2 is 2.21 bits per heavy atom. The third kappa shape index (κ3) is 2.25. The fourth-order valence-corrected chi connectivity index (χ4v) is 1.91. The minimum Gasteiger partial charge on any atom is -0.408 e. The standard InChI is InChI=1S/C13H12N4O2/c14-5-3-12-15-6-4-9(16-12)8-1-2-10-11(7-8)19-13(18)17-10/h1-2,4,6-7H,3,5,14H2,(H,17,18). The summed E-state index contributed by atoms with van der Waals surface area (Å²) in [5.41, 5.74) is 8.33. The Hall–Kier alpha value is -2.47. The molecule has 3 aromatic rings. The number of nitrogens with two attached hydrogens (primary N) is 1. The lowest BCUT2D eigenvalue weighted by Crippen LogP contribution is -2.06. The van der Waals surface area contributed by atoms with Crippen molar-refractivity contribution in [3.05, 3.63) is 46.8 Å². The Labute approximate surface area is 108 Å². The van der Waals surface area contributed by atoms with Crippen LogP contribution in [0.25, 0.3) is 22.4 Å². The summed E-state index contributed by atoms with van der Waals surface area (Å²) in [6.07, 6.45) is 2.33. The Balaban J connectivity index is 2.07. The highest BCUT2D eigenvalue weighted by Gasteiger charge is 2.06. The zero-order valence-electron chi connectivity index (χ0n) is 10.1. The normalized spacial score (nSPS) is 11.0. The van der Waals surface area contributed by atoms with Crippen LogP contribution < -0.4 is 11.5 Å². The van der Waals surface area contributed by atoms with Gasteiger partial charge in [0.1, 0.15) is 5.82 Å². The zero-order chi connectivity index (χ0) is 13.2. The molecule has 0 aliphatic rings. The number of nitrogens with one attached hydrogen (secondary N) is 1. The van der Waals surface area contributed by atoms with Gasteiger partial charge in [0.15, 0.2) is 5.58 Å². The number of hydrogen-bond acceptors (Lipinski definition) is 5. The van der Waals surface area contributed by atoms with Gasteiger partial charge >= 0.3 is 5.76 Å². The molecule has 0 aliphatic carbocycles. The second-order valence-electron chi connectivity index (χ2n) is 4.12. The van der Waals surface area contributed by atoms with Crippen molar-refractivity contribution < 1.29 is 4.42 Å². The Bertz CT molecular complexity index is 775. The molecule has 19 heavy (non-hydrogen) atoms. The molecule has 0 aliphatic heterocycles. The van der Waals surface area contributed by atoms with Crippen LogP contribution >= 0.6 is 0 Å². The van der Waals surface area contributed by atoms with Gasteiger partial charge in [0.05, 0.1) is 11.2 Å². The van der Waals surface area contributed by atoms with Crippen molar-refractivity contribution in [3.8, 4) is 11.3 Å². The van der Waals surface area contributed by atoms with Gasteiger partial charge in [-0.1, -0.05) is 6.07 Å². The van der Waals surface area contributed by atoms with E-state index in [4.69, 9.17) is 10.2 Å². The van der Waals surface area contributed by atoms with E-state index in [9.17, 15) is 4.79 Å². The topological polar surface area (TPSA) is 97.8 Å². The molecule has 0 unspecified atom stereocenters. The highest BCUT2D eigenvalue weighted by atomic mass is 16.4. The molecule has 0 saturated carbocycles. The molecule has 6 heteroatoms. The van der Waals surface area contributed by atoms with Crippen molar-refractivity contribution in [3.63, 3.8) is 0 Å². The Kier molecular flexibility index (Phi) is 2.85. The van der Waals surface area contributed by atoms with E-state index < -0.39 is 5.76 Å². The maximum absolute atomic E-state index is 11.1. The van der Waals surface area contributed by atoms with E-state index >= 15 is 0 Å². The monoisotopic (exact) mass is 256 g/mol. The van der Waals surface area contributed by atoms with Gasteiger partial charge in [-0.05, 0) is 24.7 Å². The lowest BCUT2D eigenvalue weighted by Gasteiger charge is -2.02. The number of hydrogen-bond donors (Lipinski definition) is 2. The second-order valence-corrected chi connectivity index (χ2v) is 4.12. The summed E-state index contributed by atoms with van der Waals surface area (Å²) in [7, 11) is 0. The average molecular weight is 256 g/mol. The number of nitrogens with zero attached hydrogens (tertiary/aromatic N) is 2. The maximum Gasteiger partial charge on any atom is 0.417 e. The molecule has 0 amide bonds. The highest BCUT2D eigenvalue weighted by molar-refractivity contribution is 5.78. The largest absolute Gasteiger partial charge is 0.417 e. The average Bonchev–Trinajstić information content (AvgIpc) is 2.78. The summed E-state index contributed by atoms with van der Waals surface area (Å²) in [4.78, 5) is 22.3. The third-order valence-electron chi connectivity index (χ3n) is 2.79. The molecule has 0 bridgehead atoms. The first-order valence-electron chi connectivity index (χ1n) is 5.91. The summed E-state index contributed by atoms with van der Waals surface area (Å²) in [5, 5.41) is 0. The first-order chi connectivity index (χ1) is 9.26. The lowest BCUT2D eigenvalue weighted by atomic mass is 10.1. The molecule has 6 nitrogen and oxygen atoms in total. The molecular formula is C13H12N4O2. The summed E-state index contributed by atoms with van der Waals surface area (Å²) >= 11 is 0. The van der Waals surface area contributed by atoms with Gasteiger partial charge in [0, 0.05) is 18.2 Å². The van der Waals surface area contributed by atoms with Crippen LogP contribution in [0.15, 0.2) is 39.7 Å². The molecule has 0 radical (unpaired) electrons. The Morgan fingerprint density at radius 3 is 3.05 bits per heavy atom. The van der Waals surface area contributed by atoms with Gasteiger partial charge in [-0.2, -0.15) is 0 Å². The van der Waals surface area contributed by atoms with Crippen molar-refractivity contribution in [2.45, 2.75) is 6.42 Å². The van der Waals surface area contributed by atoms with Gasteiger partial charge in [0.2, 0.25) is 0 Å². The van der Waals surface area contributed by atoms with Gasteiger partial charge in [0.25, 0.3) is 0 Å². The predicted molar refractivity (Wildman–Crippen MR) is 70.6 cm³/mol. The fraction of sp³-hybridized carbons (Fsp3) is 0.154. The smallest absolute Gasteiger partial charge is 0.408 e. The minimum absolute atomic E-state index is 0.460. The number of aromatic nitrogens is 3. The highest BCUT2D eigenvalue weighted by Crippen LogP contribution is 2.21. The molecule has 2 aromatic heterocycles. The molecule has 0 atom stereocenters. The van der Waals surface area contributed by atoms with Crippen LogP contribution in [0.5, 0.6) is 0 Å². The van der Waals surface area contributed by atoms with E-state index in [-0.39, 0.29) is 0 Å². The number of H-pyrrole nitrogens is 1. The molecule has 96 valence electrons. The summed E-state index contributed by atoms with van der Waals surface area (Å²) in [6.45, 7) is 0.509. The number of fused-ring (bicyclic) bond motifs is 1. The molecule has 1 aromatic carbocycles. The number of oxazole rings is 1. The molecule has 2 heterocycles. The SMILES string of the molecule is NCCc1nccc(-c2ccc3[nH]c(=O)oc3c2)n1. The van der Waals surface area contributed by atoms with E-state index in [1.54, 1.807) is 18.3 Å². The summed E-state index contributed by atoms with van der Waals surface area (Å²) in [5.74, 6) is 0.245. The maximum atomic E-state index is 11.1. The van der Waals surface area contributed by atoms with Crippen molar-refractivity contribution in [2.24, 2.45) is 5.73 Å². The second kappa shape index (κ2) is 4.66. The van der Waals surface area contributed by atoms with Crippen molar-refractivity contribution in [2.75, 3.05) is 6.54 Å². The summed E-state index contributed by atoms with van der Waals surface area (Å²) < 4.78 is 5.03. The molecule has 3 N–H and O–H groups in total. The van der Waals surface area contributed by atoms with Gasteiger partial charge in [-0.15, -0.1) is 0 Å². The van der Waals surface area contributed by atoms with Crippen molar-refractivity contribution >= 4 is 11.1 Å². The van der Waals surface area contributed by atoms with Crippen LogP contribution in [0, 0.1) is 0 Å². The first kappa shape index (κ1) is 11.6. The van der Waals surface area contributed by atoms with Crippen LogP contribution in [0.3, 0.4) is 0 Å². The van der Waals surface area contributed by atoms with Crippen molar-refractivity contribution in [1.82, 2.24) is 15.0 Å². The predicted octanol–water partition coefficient (Wildman–Crippen LogP) is 1.08. The quantitative estimate of drug-likeness (QED) is 0.730. The van der Waals surface area contributed by atoms with Gasteiger partial charge < -0.3 is 10.2 Å². The first-order valence-corrected chi connectivity index (χ1v) is 5.91. The third-order valence-corrected chi connectivity index (χ3v) is 2.79. The minimum atomic E-state index is -0.460. The molecule has 3 rings (SSSR count). The van der Waals surface area contributed by atoms with Crippen LogP contribution in [0.4, 0.5) is 0 Å². The molecular weight excluding hydrogens is 244 g/mol. The summed E-state index contributed by atoms with van der Waals surface area (Å²) in [6, 6.07) is 7.26. The van der Waals surface area contributed by atoms with E-state index in [0.717, 1.165) is 11.3 Å². The molecule has 0 saturated heterocycles. The van der Waals surface area contributed by atoms with Gasteiger partial charge in [-0.3, -0.25) is 4.98 Å². The van der Waals surface area contributed by atoms with E-state index in [2.05, 4.69) is 15.0 Å². The number of benzene rings is 1. The van der Waals surface area contributed by atoms with E-state index in [1.807, 2.05) is 12.1 Å². The van der Waals surface area contributed by atoms with Crippen molar-refractivity contribution in [1.29, 1.82) is 0 Å². The van der Waals surface area contributed by atoms with Crippen LogP contribution in [-0.4, -0.2) is 21.5 Å².